The summed E-state index contributed by atoms with van der Waals surface area (Å²) in [5.41, 5.74) is 2.88. The van der Waals surface area contributed by atoms with Gasteiger partial charge in [0.15, 0.2) is 28.8 Å². The monoisotopic (exact) mass is 612 g/mol. The highest BCUT2D eigenvalue weighted by Gasteiger charge is 2.90. The van der Waals surface area contributed by atoms with Gasteiger partial charge in [0.05, 0.1) is 26.1 Å². The lowest BCUT2D eigenvalue weighted by Crippen LogP contribution is -2.56. The molecule has 1 saturated carbocycles. The Kier molecular flexibility index (Phi) is 6.91. The maximum Gasteiger partial charge on any atom is 0.476 e. The first-order valence-electron chi connectivity index (χ1n) is 13.9. The molecule has 0 radical (unpaired) electrons. The second kappa shape index (κ2) is 9.79. The maximum absolute atomic E-state index is 13.3. The third kappa shape index (κ3) is 4.59. The minimum Gasteiger partial charge on any atom is -0.476 e. The van der Waals surface area contributed by atoms with Crippen LogP contribution in [0.3, 0.4) is 0 Å². The van der Waals surface area contributed by atoms with E-state index in [1.54, 1.807) is 20.8 Å². The van der Waals surface area contributed by atoms with Gasteiger partial charge in [-0.15, -0.1) is 0 Å². The number of carbonyl (C=O) groups excluding carboxylic acids is 1. The van der Waals surface area contributed by atoms with Gasteiger partial charge in [0, 0.05) is 12.0 Å². The highest BCUT2D eigenvalue weighted by atomic mass is 31.2. The number of aliphatic hydroxyl groups is 1. The lowest BCUT2D eigenvalue weighted by molar-refractivity contribution is -0.304. The van der Waals surface area contributed by atoms with Crippen molar-refractivity contribution in [2.75, 3.05) is 32.1 Å². The molecule has 1 spiro atoms. The average molecular weight is 613 g/mol. The molecule has 0 aromatic carbocycles. The minimum atomic E-state index is -4.02. The largest absolute Gasteiger partial charge is 0.476 e. The fraction of sp³-hybridized carbons (Fsp3) is 0.760. The summed E-state index contributed by atoms with van der Waals surface area (Å²) >= 11 is 0. The number of phosphoric acid groups is 1. The number of amides is 1. The third-order valence-corrected chi connectivity index (χ3v) is 9.53. The number of nitrogens with zero attached hydrogens (tertiary/aromatic N) is 4. The number of phosphoric ester groups is 1. The summed E-state index contributed by atoms with van der Waals surface area (Å²) in [6.45, 7) is 11.6. The molecule has 42 heavy (non-hydrogen) atoms. The van der Waals surface area contributed by atoms with Crippen molar-refractivity contribution in [2.45, 2.75) is 89.5 Å². The van der Waals surface area contributed by atoms with Gasteiger partial charge in [-0.1, -0.05) is 13.8 Å². The number of hydrogen-bond acceptors (Lipinski definition) is 14. The van der Waals surface area contributed by atoms with Crippen LogP contribution in [0.4, 0.5) is 5.95 Å². The second-order valence-corrected chi connectivity index (χ2v) is 13.8. The number of nitrogens with two attached hydrogens (primary N) is 1. The van der Waals surface area contributed by atoms with Gasteiger partial charge in [-0.25, -0.2) is 9.55 Å². The molecule has 6 rings (SSSR count). The number of hydrogen-bond donors (Lipinski definition) is 3. The van der Waals surface area contributed by atoms with Crippen molar-refractivity contribution in [2.24, 2.45) is 5.41 Å². The van der Waals surface area contributed by atoms with Crippen LogP contribution in [0.15, 0.2) is 6.33 Å². The molecule has 7 atom stereocenters. The van der Waals surface area contributed by atoms with E-state index in [-0.39, 0.29) is 30.9 Å². The summed E-state index contributed by atoms with van der Waals surface area (Å²) < 4.78 is 54.9. The van der Waals surface area contributed by atoms with Crippen LogP contribution in [0.1, 0.15) is 54.2 Å². The highest BCUT2D eigenvalue weighted by Crippen LogP contribution is 2.77. The minimum absolute atomic E-state index is 0.0243. The summed E-state index contributed by atoms with van der Waals surface area (Å²) in [6.07, 6.45) is -1.43. The number of anilines is 1. The predicted octanol–water partition coefficient (Wildman–Crippen LogP) is 1.43. The molecule has 1 amide bonds. The van der Waals surface area contributed by atoms with Crippen LogP contribution in [0, 0.1) is 5.41 Å². The van der Waals surface area contributed by atoms with Crippen LogP contribution in [0.5, 0.6) is 5.88 Å². The van der Waals surface area contributed by atoms with Crippen molar-refractivity contribution in [1.29, 1.82) is 0 Å². The lowest BCUT2D eigenvalue weighted by atomic mass is 9.85. The van der Waals surface area contributed by atoms with Gasteiger partial charge >= 0.3 is 7.82 Å². The van der Waals surface area contributed by atoms with Crippen LogP contribution in [-0.4, -0.2) is 92.2 Å². The molecular weight excluding hydrogens is 575 g/mol. The Morgan fingerprint density at radius 2 is 2.02 bits per heavy atom. The molecule has 4 fully saturated rings. The Morgan fingerprint density at radius 3 is 2.76 bits per heavy atom. The van der Waals surface area contributed by atoms with Gasteiger partial charge < -0.3 is 35.1 Å². The number of aromatic nitrogens is 4. The van der Waals surface area contributed by atoms with Crippen molar-refractivity contribution in [1.82, 2.24) is 24.8 Å². The first-order valence-corrected chi connectivity index (χ1v) is 15.3. The molecule has 16 nitrogen and oxygen atoms in total. The first kappa shape index (κ1) is 29.6. The number of fused-ring (bicyclic) bond motifs is 2. The number of carbonyl (C=O) groups is 1. The van der Waals surface area contributed by atoms with Crippen LogP contribution >= 0.6 is 7.82 Å². The summed E-state index contributed by atoms with van der Waals surface area (Å²) in [5.74, 6) is -0.955. The van der Waals surface area contributed by atoms with Crippen molar-refractivity contribution in [3.63, 3.8) is 0 Å². The molecule has 2 unspecified atom stereocenters. The van der Waals surface area contributed by atoms with Gasteiger partial charge in [-0.2, -0.15) is 9.97 Å². The normalized spacial score (nSPS) is 37.8. The number of imidazole rings is 1. The Bertz CT molecular complexity index is 1450. The van der Waals surface area contributed by atoms with Gasteiger partial charge in [0.1, 0.15) is 23.9 Å². The smallest absolute Gasteiger partial charge is 0.476 e. The Hall–Kier alpha value is -2.43. The molecule has 3 saturated heterocycles. The topological polar surface area (TPSA) is 201 Å². The summed E-state index contributed by atoms with van der Waals surface area (Å²) in [5, 5.41) is 14.5. The average Bonchev–Trinajstić information content (AvgIpc) is 3.17. The molecule has 1 aliphatic carbocycles. The molecule has 5 heterocycles. The van der Waals surface area contributed by atoms with Gasteiger partial charge in [0.2, 0.25) is 17.7 Å². The predicted molar refractivity (Wildman–Crippen MR) is 144 cm³/mol. The molecule has 3 aliphatic heterocycles. The van der Waals surface area contributed by atoms with Gasteiger partial charge in [-0.05, 0) is 34.1 Å². The maximum atomic E-state index is 13.3. The van der Waals surface area contributed by atoms with Crippen LogP contribution < -0.4 is 15.8 Å². The van der Waals surface area contributed by atoms with Gasteiger partial charge in [0.25, 0.3) is 0 Å². The molecule has 4 aliphatic rings. The van der Waals surface area contributed by atoms with Crippen molar-refractivity contribution >= 4 is 30.8 Å². The second-order valence-electron chi connectivity index (χ2n) is 12.2. The van der Waals surface area contributed by atoms with Crippen molar-refractivity contribution in [3.05, 3.63) is 6.33 Å². The zero-order valence-corrected chi connectivity index (χ0v) is 25.3. The Morgan fingerprint density at radius 1 is 1.26 bits per heavy atom. The first-order chi connectivity index (χ1) is 19.6. The number of nitrogens with one attached hydrogen (secondary N) is 1. The lowest BCUT2D eigenvalue weighted by Gasteiger charge is -2.44. The quantitative estimate of drug-likeness (QED) is 0.271. The SMILES string of the molecule is CCOc1nc(N)nc2c1ncn2[C@@H]1O[C@@H]2C3OP(=O)(OCCCNC(=O)[C@@H]4OC(C)(C)OCC4(C)C)O[C@]32[C@@]1(C)O. The van der Waals surface area contributed by atoms with Crippen LogP contribution in [0.2, 0.25) is 0 Å². The Balaban J connectivity index is 1.06. The zero-order chi connectivity index (χ0) is 30.3. The van der Waals surface area contributed by atoms with E-state index in [0.29, 0.717) is 30.8 Å². The standard InChI is InChI=1S/C25H37N6O10P/c1-7-35-19-13-17(29-21(26)30-19)31(12-28-13)20-24(6,33)25-14(38-20)15(25)40-42(34,41-25)37-10-8-9-27-18(32)16-22(2,3)11-36-23(4,5)39-16/h12,14-16,20,33H,7-11H2,1-6H3,(H,27,32)(H2,26,29,30)/t14-,15?,16+,20-,24+,25+,42?/m1/s1. The van der Waals surface area contributed by atoms with Gasteiger partial charge in [-0.3, -0.25) is 22.9 Å². The number of ether oxygens (including phenoxy) is 4. The summed E-state index contributed by atoms with van der Waals surface area (Å²) in [4.78, 5) is 25.5. The molecule has 17 heteroatoms. The van der Waals surface area contributed by atoms with E-state index in [0.717, 1.165) is 0 Å². The molecule has 232 valence electrons. The molecule has 4 N–H and O–H groups in total. The molecule has 2 aromatic heterocycles. The van der Waals surface area contributed by atoms with E-state index in [2.05, 4.69) is 20.3 Å². The third-order valence-electron chi connectivity index (χ3n) is 8.02. The highest BCUT2D eigenvalue weighted by molar-refractivity contribution is 7.48. The van der Waals surface area contributed by atoms with E-state index >= 15 is 0 Å². The van der Waals surface area contributed by atoms with E-state index in [9.17, 15) is 14.5 Å². The fourth-order valence-corrected chi connectivity index (χ4v) is 7.59. The van der Waals surface area contributed by atoms with E-state index in [4.69, 9.17) is 38.3 Å². The Labute approximate surface area is 242 Å². The summed E-state index contributed by atoms with van der Waals surface area (Å²) in [6, 6.07) is 0. The van der Waals surface area contributed by atoms with Crippen molar-refractivity contribution < 1.29 is 47.0 Å². The van der Waals surface area contributed by atoms with E-state index < -0.39 is 54.8 Å². The van der Waals surface area contributed by atoms with E-state index in [1.165, 1.54) is 17.8 Å². The number of rotatable bonds is 9. The zero-order valence-electron chi connectivity index (χ0n) is 24.4. The van der Waals surface area contributed by atoms with E-state index in [1.807, 2.05) is 13.8 Å². The fourth-order valence-electron chi connectivity index (χ4n) is 5.78. The molecule has 2 aromatic rings. The molecule has 0 bridgehead atoms. The molecular formula is C25H37N6O10P. The number of nitrogen functional groups attached to an aromatic ring is 1. The van der Waals surface area contributed by atoms with Crippen LogP contribution in [-0.2, 0) is 37.1 Å². The van der Waals surface area contributed by atoms with Crippen LogP contribution in [0.25, 0.3) is 11.2 Å². The van der Waals surface area contributed by atoms with Crippen molar-refractivity contribution in [3.8, 4) is 5.88 Å². The summed E-state index contributed by atoms with van der Waals surface area (Å²) in [7, 11) is -4.02.